The van der Waals surface area contributed by atoms with Crippen LogP contribution in [0.2, 0.25) is 0 Å². The summed E-state index contributed by atoms with van der Waals surface area (Å²) in [5, 5.41) is 0. The first-order valence-electron chi connectivity index (χ1n) is 5.31. The highest BCUT2D eigenvalue weighted by Crippen LogP contribution is 2.25. The zero-order valence-corrected chi connectivity index (χ0v) is 9.29. The molecule has 0 bridgehead atoms. The molecule has 0 aliphatic carbocycles. The van der Waals surface area contributed by atoms with E-state index in [4.69, 9.17) is 9.47 Å². The van der Waals surface area contributed by atoms with Crippen LogP contribution in [-0.2, 0) is 14.3 Å². The first-order chi connectivity index (χ1) is 6.56. The van der Waals surface area contributed by atoms with Crippen molar-refractivity contribution >= 4 is 6.29 Å². The fourth-order valence-electron chi connectivity index (χ4n) is 1.41. The van der Waals surface area contributed by atoms with E-state index in [0.29, 0.717) is 0 Å². The predicted molar refractivity (Wildman–Crippen MR) is 54.0 cm³/mol. The van der Waals surface area contributed by atoms with Gasteiger partial charge >= 0.3 is 0 Å². The second-order valence-electron chi connectivity index (χ2n) is 4.44. The lowest BCUT2D eigenvalue weighted by Gasteiger charge is -2.34. The number of aldehydes is 1. The maximum atomic E-state index is 10.7. The highest BCUT2D eigenvalue weighted by Gasteiger charge is 2.30. The van der Waals surface area contributed by atoms with Gasteiger partial charge in [-0.3, -0.25) is 0 Å². The smallest absolute Gasteiger partial charge is 0.158 e. The molecule has 0 radical (unpaired) electrons. The Hall–Kier alpha value is -0.410. The van der Waals surface area contributed by atoms with Crippen LogP contribution in [0, 0.1) is 5.92 Å². The lowest BCUT2D eigenvalue weighted by molar-refractivity contribution is -0.224. The molecule has 0 N–H and O–H groups in total. The topological polar surface area (TPSA) is 35.5 Å². The Morgan fingerprint density at radius 2 is 2.21 bits per heavy atom. The van der Waals surface area contributed by atoms with Crippen LogP contribution >= 0.6 is 0 Å². The molecule has 0 aromatic carbocycles. The summed E-state index contributed by atoms with van der Waals surface area (Å²) >= 11 is 0. The molecule has 82 valence electrons. The Morgan fingerprint density at radius 3 is 2.71 bits per heavy atom. The van der Waals surface area contributed by atoms with Crippen LogP contribution in [0.3, 0.4) is 0 Å². The summed E-state index contributed by atoms with van der Waals surface area (Å²) in [4.78, 5) is 10.7. The van der Waals surface area contributed by atoms with Crippen LogP contribution in [0.5, 0.6) is 0 Å². The average Bonchev–Trinajstić information content (AvgIpc) is 2.17. The summed E-state index contributed by atoms with van der Waals surface area (Å²) in [5.41, 5.74) is -0.427. The Kier molecular flexibility index (Phi) is 4.08. The van der Waals surface area contributed by atoms with Crippen molar-refractivity contribution in [3.63, 3.8) is 0 Å². The molecule has 2 atom stereocenters. The summed E-state index contributed by atoms with van der Waals surface area (Å²) in [6.07, 6.45) is 4.01. The summed E-state index contributed by atoms with van der Waals surface area (Å²) in [5.74, 6) is -0.104. The molecule has 1 heterocycles. The van der Waals surface area contributed by atoms with E-state index in [1.807, 2.05) is 20.8 Å². The molecule has 0 spiro atoms. The van der Waals surface area contributed by atoms with Crippen molar-refractivity contribution < 1.29 is 14.3 Å². The quantitative estimate of drug-likeness (QED) is 0.652. The second kappa shape index (κ2) is 4.89. The third kappa shape index (κ3) is 3.07. The molecule has 0 amide bonds. The number of hydrogen-bond acceptors (Lipinski definition) is 3. The van der Waals surface area contributed by atoms with Crippen LogP contribution < -0.4 is 0 Å². The van der Waals surface area contributed by atoms with Gasteiger partial charge in [0.05, 0.1) is 5.60 Å². The second-order valence-corrected chi connectivity index (χ2v) is 4.44. The largest absolute Gasteiger partial charge is 0.353 e. The highest BCUT2D eigenvalue weighted by molar-refractivity contribution is 5.54. The zero-order chi connectivity index (χ0) is 10.6. The van der Waals surface area contributed by atoms with E-state index in [9.17, 15) is 4.79 Å². The Balaban J connectivity index is 2.43. The molecule has 3 heteroatoms. The van der Waals surface area contributed by atoms with Gasteiger partial charge in [0.1, 0.15) is 6.29 Å². The van der Waals surface area contributed by atoms with E-state index in [0.717, 1.165) is 32.2 Å². The number of carbonyl (C=O) groups excluding carboxylic acids is 1. The van der Waals surface area contributed by atoms with Crippen LogP contribution in [0.25, 0.3) is 0 Å². The van der Waals surface area contributed by atoms with E-state index >= 15 is 0 Å². The standard InChI is InChI=1S/C11H20O3/c1-9(8-12)11(2,3)14-10-6-4-5-7-13-10/h8-10H,4-7H2,1-3H3/t9-,10?/m0/s1. The van der Waals surface area contributed by atoms with Crippen LogP contribution in [0.15, 0.2) is 0 Å². The van der Waals surface area contributed by atoms with E-state index < -0.39 is 5.60 Å². The lowest BCUT2D eigenvalue weighted by Crippen LogP contribution is -2.39. The Morgan fingerprint density at radius 1 is 1.50 bits per heavy atom. The summed E-state index contributed by atoms with van der Waals surface area (Å²) in [6.45, 7) is 6.51. The minimum absolute atomic E-state index is 0.104. The molecular weight excluding hydrogens is 180 g/mol. The molecular formula is C11H20O3. The molecule has 0 aromatic rings. The highest BCUT2D eigenvalue weighted by atomic mass is 16.7. The van der Waals surface area contributed by atoms with Crippen molar-refractivity contribution in [1.29, 1.82) is 0 Å². The molecule has 1 aliphatic heterocycles. The number of ether oxygens (including phenoxy) is 2. The SMILES string of the molecule is C[C@@H](C=O)C(C)(C)OC1CCCCO1. The van der Waals surface area contributed by atoms with Gasteiger partial charge < -0.3 is 14.3 Å². The first kappa shape index (κ1) is 11.7. The van der Waals surface area contributed by atoms with Gasteiger partial charge in [-0.25, -0.2) is 0 Å². The molecule has 1 rings (SSSR count). The van der Waals surface area contributed by atoms with E-state index in [1.54, 1.807) is 0 Å². The minimum atomic E-state index is -0.427. The van der Waals surface area contributed by atoms with E-state index in [1.165, 1.54) is 0 Å². The van der Waals surface area contributed by atoms with Crippen LogP contribution in [-0.4, -0.2) is 24.8 Å². The fraction of sp³-hybridized carbons (Fsp3) is 0.909. The van der Waals surface area contributed by atoms with Crippen molar-refractivity contribution in [2.24, 2.45) is 5.92 Å². The van der Waals surface area contributed by atoms with Gasteiger partial charge in [-0.05, 0) is 33.1 Å². The van der Waals surface area contributed by atoms with Crippen molar-refractivity contribution in [2.75, 3.05) is 6.61 Å². The maximum Gasteiger partial charge on any atom is 0.158 e. The molecule has 0 saturated carbocycles. The Labute approximate surface area is 85.8 Å². The molecule has 0 aromatic heterocycles. The molecule has 1 fully saturated rings. The summed E-state index contributed by atoms with van der Waals surface area (Å²) < 4.78 is 11.2. The predicted octanol–water partition coefficient (Wildman–Crippen LogP) is 2.14. The van der Waals surface area contributed by atoms with Crippen molar-refractivity contribution in [3.8, 4) is 0 Å². The molecule has 3 nitrogen and oxygen atoms in total. The molecule has 1 saturated heterocycles. The Bertz CT molecular complexity index is 183. The van der Waals surface area contributed by atoms with Crippen LogP contribution in [0.1, 0.15) is 40.0 Å². The third-order valence-corrected chi connectivity index (χ3v) is 2.87. The minimum Gasteiger partial charge on any atom is -0.353 e. The van der Waals surface area contributed by atoms with Gasteiger partial charge in [-0.1, -0.05) is 6.92 Å². The number of rotatable bonds is 4. The van der Waals surface area contributed by atoms with Gasteiger partial charge in [-0.2, -0.15) is 0 Å². The number of carbonyl (C=O) groups is 1. The van der Waals surface area contributed by atoms with Gasteiger partial charge in [0.15, 0.2) is 6.29 Å². The third-order valence-electron chi connectivity index (χ3n) is 2.87. The van der Waals surface area contributed by atoms with Gasteiger partial charge in [0.25, 0.3) is 0 Å². The summed E-state index contributed by atoms with van der Waals surface area (Å²) in [6, 6.07) is 0. The van der Waals surface area contributed by atoms with Gasteiger partial charge in [0.2, 0.25) is 0 Å². The van der Waals surface area contributed by atoms with E-state index in [2.05, 4.69) is 0 Å². The normalized spacial score (nSPS) is 25.8. The van der Waals surface area contributed by atoms with E-state index in [-0.39, 0.29) is 12.2 Å². The molecule has 1 unspecified atom stereocenters. The maximum absolute atomic E-state index is 10.7. The van der Waals surface area contributed by atoms with Crippen molar-refractivity contribution in [2.45, 2.75) is 51.9 Å². The van der Waals surface area contributed by atoms with Crippen molar-refractivity contribution in [3.05, 3.63) is 0 Å². The first-order valence-corrected chi connectivity index (χ1v) is 5.31. The van der Waals surface area contributed by atoms with Crippen molar-refractivity contribution in [1.82, 2.24) is 0 Å². The summed E-state index contributed by atoms with van der Waals surface area (Å²) in [7, 11) is 0. The molecule has 1 aliphatic rings. The van der Waals surface area contributed by atoms with Crippen LogP contribution in [0.4, 0.5) is 0 Å². The monoisotopic (exact) mass is 200 g/mol. The average molecular weight is 200 g/mol. The van der Waals surface area contributed by atoms with Gasteiger partial charge in [-0.15, -0.1) is 0 Å². The zero-order valence-electron chi connectivity index (χ0n) is 9.29. The molecule has 14 heavy (non-hydrogen) atoms. The fourth-order valence-corrected chi connectivity index (χ4v) is 1.41. The number of hydrogen-bond donors (Lipinski definition) is 0. The lowest BCUT2D eigenvalue weighted by atomic mass is 9.94. The van der Waals surface area contributed by atoms with Gasteiger partial charge in [0, 0.05) is 12.5 Å².